The van der Waals surface area contributed by atoms with Crippen LogP contribution >= 0.6 is 11.8 Å². The summed E-state index contributed by atoms with van der Waals surface area (Å²) < 4.78 is 0. The number of thioether (sulfide) groups is 1. The van der Waals surface area contributed by atoms with Crippen molar-refractivity contribution in [2.24, 2.45) is 5.73 Å². The van der Waals surface area contributed by atoms with Crippen molar-refractivity contribution < 1.29 is 0 Å². The highest BCUT2D eigenvalue weighted by molar-refractivity contribution is 8.13. The summed E-state index contributed by atoms with van der Waals surface area (Å²) in [5, 5.41) is 7.23. The lowest BCUT2D eigenvalue weighted by Gasteiger charge is -2.17. The molecule has 4 heteroatoms. The molecule has 0 radical (unpaired) electrons. The molecule has 0 aliphatic rings. The molecule has 0 rings (SSSR count). The minimum atomic E-state index is 0.231. The van der Waals surface area contributed by atoms with Gasteiger partial charge in [-0.3, -0.25) is 5.41 Å². The molecule has 0 aromatic rings. The molecular formula is C8H19N3S. The molecule has 0 aliphatic carbocycles. The van der Waals surface area contributed by atoms with Gasteiger partial charge in [0.1, 0.15) is 0 Å². The average molecular weight is 189 g/mol. The van der Waals surface area contributed by atoms with Crippen LogP contribution in [0.1, 0.15) is 20.3 Å². The molecule has 0 aromatic heterocycles. The minimum Gasteiger partial charge on any atom is -0.379 e. The third-order valence-electron chi connectivity index (χ3n) is 1.77. The maximum absolute atomic E-state index is 7.00. The Balaban J connectivity index is 3.23. The smallest absolute Gasteiger partial charge is 0.151 e. The van der Waals surface area contributed by atoms with E-state index in [4.69, 9.17) is 11.1 Å². The maximum atomic E-state index is 7.00. The number of hydrogen-bond donors (Lipinski definition) is 2. The molecule has 12 heavy (non-hydrogen) atoms. The van der Waals surface area contributed by atoms with Gasteiger partial charge in [0, 0.05) is 5.75 Å². The van der Waals surface area contributed by atoms with Gasteiger partial charge in [-0.1, -0.05) is 25.6 Å². The lowest BCUT2D eigenvalue weighted by molar-refractivity contribution is 0.305. The predicted molar refractivity (Wildman–Crippen MR) is 56.8 cm³/mol. The van der Waals surface area contributed by atoms with Crippen LogP contribution in [0.4, 0.5) is 0 Å². The van der Waals surface area contributed by atoms with Crippen molar-refractivity contribution in [2.45, 2.75) is 20.3 Å². The van der Waals surface area contributed by atoms with Crippen molar-refractivity contribution in [3.05, 3.63) is 0 Å². The molecule has 0 saturated heterocycles. The molecule has 0 aliphatic heterocycles. The second-order valence-corrected chi connectivity index (χ2v) is 3.73. The van der Waals surface area contributed by atoms with Gasteiger partial charge >= 0.3 is 0 Å². The highest BCUT2D eigenvalue weighted by Crippen LogP contribution is 2.01. The Morgan fingerprint density at radius 3 is 2.42 bits per heavy atom. The van der Waals surface area contributed by atoms with Gasteiger partial charge in [0.25, 0.3) is 0 Å². The van der Waals surface area contributed by atoms with Crippen LogP contribution in [0.3, 0.4) is 0 Å². The molecule has 0 amide bonds. The fraction of sp³-hybridized carbons (Fsp3) is 0.875. The van der Waals surface area contributed by atoms with E-state index in [1.807, 2.05) is 0 Å². The Morgan fingerprint density at radius 2 is 2.00 bits per heavy atom. The zero-order chi connectivity index (χ0) is 9.40. The normalized spacial score (nSPS) is 10.6. The third-order valence-corrected chi connectivity index (χ3v) is 2.57. The summed E-state index contributed by atoms with van der Waals surface area (Å²) in [6.07, 6.45) is 1.12. The lowest BCUT2D eigenvalue weighted by atomic mass is 10.4. The first kappa shape index (κ1) is 11.8. The zero-order valence-electron chi connectivity index (χ0n) is 7.97. The fourth-order valence-corrected chi connectivity index (χ4v) is 1.50. The van der Waals surface area contributed by atoms with E-state index in [1.54, 1.807) is 0 Å². The topological polar surface area (TPSA) is 53.1 Å². The molecular weight excluding hydrogens is 170 g/mol. The van der Waals surface area contributed by atoms with Crippen LogP contribution in [-0.4, -0.2) is 35.5 Å². The quantitative estimate of drug-likeness (QED) is 0.377. The van der Waals surface area contributed by atoms with Crippen LogP contribution in [0.5, 0.6) is 0 Å². The fourth-order valence-electron chi connectivity index (χ4n) is 1.01. The van der Waals surface area contributed by atoms with Crippen molar-refractivity contribution in [2.75, 3.05) is 25.4 Å². The molecule has 3 nitrogen and oxygen atoms in total. The minimum absolute atomic E-state index is 0.231. The van der Waals surface area contributed by atoms with Crippen LogP contribution in [0.25, 0.3) is 0 Å². The zero-order valence-corrected chi connectivity index (χ0v) is 8.78. The Morgan fingerprint density at radius 1 is 1.42 bits per heavy atom. The highest BCUT2D eigenvalue weighted by Gasteiger charge is 1.98. The van der Waals surface area contributed by atoms with E-state index < -0.39 is 0 Å². The monoisotopic (exact) mass is 189 g/mol. The molecule has 72 valence electrons. The van der Waals surface area contributed by atoms with Gasteiger partial charge in [0.15, 0.2) is 5.17 Å². The Hall–Kier alpha value is -0.220. The van der Waals surface area contributed by atoms with Crippen molar-refractivity contribution in [1.82, 2.24) is 4.90 Å². The summed E-state index contributed by atoms with van der Waals surface area (Å²) in [6.45, 7) is 7.68. The SMILES string of the molecule is CCN(CC)CCCSC(=N)N. The van der Waals surface area contributed by atoms with Crippen LogP contribution in [-0.2, 0) is 0 Å². The van der Waals surface area contributed by atoms with Gasteiger partial charge in [-0.05, 0) is 26.1 Å². The van der Waals surface area contributed by atoms with E-state index in [0.717, 1.165) is 31.8 Å². The maximum Gasteiger partial charge on any atom is 0.151 e. The summed E-state index contributed by atoms with van der Waals surface area (Å²) in [5.74, 6) is 0.964. The summed E-state index contributed by atoms with van der Waals surface area (Å²) in [6, 6.07) is 0. The number of nitrogens with zero attached hydrogens (tertiary/aromatic N) is 1. The summed E-state index contributed by atoms with van der Waals surface area (Å²) in [7, 11) is 0. The second-order valence-electron chi connectivity index (χ2n) is 2.59. The molecule has 0 atom stereocenters. The molecule has 0 bridgehead atoms. The van der Waals surface area contributed by atoms with E-state index in [2.05, 4.69) is 18.7 Å². The molecule has 0 unspecified atom stereocenters. The number of nitrogens with two attached hydrogens (primary N) is 1. The Bertz CT molecular complexity index is 123. The van der Waals surface area contributed by atoms with E-state index in [-0.39, 0.29) is 5.17 Å². The predicted octanol–water partition coefficient (Wildman–Crippen LogP) is 1.34. The van der Waals surface area contributed by atoms with Crippen molar-refractivity contribution in [3.8, 4) is 0 Å². The lowest BCUT2D eigenvalue weighted by Crippen LogP contribution is -2.24. The molecule has 0 heterocycles. The number of nitrogens with one attached hydrogen (secondary N) is 1. The first-order valence-corrected chi connectivity index (χ1v) is 5.38. The summed E-state index contributed by atoms with van der Waals surface area (Å²) in [5.41, 5.74) is 5.21. The van der Waals surface area contributed by atoms with Crippen LogP contribution in [0.2, 0.25) is 0 Å². The Labute approximate surface area is 79.2 Å². The first-order valence-electron chi connectivity index (χ1n) is 4.39. The molecule has 0 saturated carbocycles. The Kier molecular flexibility index (Phi) is 7.29. The van der Waals surface area contributed by atoms with E-state index in [0.29, 0.717) is 0 Å². The summed E-state index contributed by atoms with van der Waals surface area (Å²) in [4.78, 5) is 2.38. The second kappa shape index (κ2) is 7.43. The molecule has 0 aromatic carbocycles. The number of amidine groups is 1. The average Bonchev–Trinajstić information content (AvgIpc) is 2.04. The number of rotatable bonds is 6. The molecule has 0 fully saturated rings. The van der Waals surface area contributed by atoms with Gasteiger partial charge < -0.3 is 10.6 Å². The first-order chi connectivity index (χ1) is 5.70. The van der Waals surface area contributed by atoms with Gasteiger partial charge in [-0.25, -0.2) is 0 Å². The molecule has 3 N–H and O–H groups in total. The molecule has 0 spiro atoms. The van der Waals surface area contributed by atoms with Crippen LogP contribution in [0.15, 0.2) is 0 Å². The highest BCUT2D eigenvalue weighted by atomic mass is 32.2. The van der Waals surface area contributed by atoms with Gasteiger partial charge in [-0.2, -0.15) is 0 Å². The standard InChI is InChI=1S/C8H19N3S/c1-3-11(4-2)6-5-7-12-8(9)10/h3-7H2,1-2H3,(H3,9,10). The largest absolute Gasteiger partial charge is 0.379 e. The van der Waals surface area contributed by atoms with E-state index in [9.17, 15) is 0 Å². The third kappa shape index (κ3) is 6.49. The van der Waals surface area contributed by atoms with Crippen molar-refractivity contribution >= 4 is 16.9 Å². The van der Waals surface area contributed by atoms with E-state index in [1.165, 1.54) is 11.8 Å². The van der Waals surface area contributed by atoms with E-state index >= 15 is 0 Å². The number of hydrogen-bond acceptors (Lipinski definition) is 3. The van der Waals surface area contributed by atoms with Crippen molar-refractivity contribution in [3.63, 3.8) is 0 Å². The van der Waals surface area contributed by atoms with Crippen LogP contribution in [0, 0.1) is 5.41 Å². The van der Waals surface area contributed by atoms with Crippen molar-refractivity contribution in [1.29, 1.82) is 5.41 Å². The van der Waals surface area contributed by atoms with Gasteiger partial charge in [-0.15, -0.1) is 0 Å². The van der Waals surface area contributed by atoms with Gasteiger partial charge in [0.2, 0.25) is 0 Å². The summed E-state index contributed by atoms with van der Waals surface area (Å²) >= 11 is 1.43. The van der Waals surface area contributed by atoms with Gasteiger partial charge in [0.05, 0.1) is 0 Å². The van der Waals surface area contributed by atoms with Crippen LogP contribution < -0.4 is 5.73 Å².